The molecule has 1 atom stereocenters. The zero-order valence-electron chi connectivity index (χ0n) is 14.9. The molecule has 0 aliphatic rings. The maximum absolute atomic E-state index is 10.2. The summed E-state index contributed by atoms with van der Waals surface area (Å²) in [4.78, 5) is 2.34. The Morgan fingerprint density at radius 1 is 1.18 bits per heavy atom. The van der Waals surface area contributed by atoms with Crippen molar-refractivity contribution in [2.75, 3.05) is 19.7 Å². The smallest absolute Gasteiger partial charge is 0.0900 e. The molecule has 0 fully saturated rings. The van der Waals surface area contributed by atoms with Gasteiger partial charge in [0.1, 0.15) is 0 Å². The summed E-state index contributed by atoms with van der Waals surface area (Å²) in [6, 6.07) is 8.60. The predicted octanol–water partition coefficient (Wildman–Crippen LogP) is 3.63. The van der Waals surface area contributed by atoms with Crippen LogP contribution in [0.3, 0.4) is 0 Å². The van der Waals surface area contributed by atoms with E-state index in [1.165, 1.54) is 11.1 Å². The summed E-state index contributed by atoms with van der Waals surface area (Å²) in [5, 5.41) is 10.2. The van der Waals surface area contributed by atoms with Crippen molar-refractivity contribution in [3.05, 3.63) is 35.4 Å². The van der Waals surface area contributed by atoms with Gasteiger partial charge in [-0.2, -0.15) is 0 Å². The lowest BCUT2D eigenvalue weighted by Gasteiger charge is -2.26. The van der Waals surface area contributed by atoms with Crippen molar-refractivity contribution >= 4 is 0 Å². The SMILES string of the molecule is Cc1cccc(CN(CCC(C)C)C[C@H](O)COC(C)C)c1. The van der Waals surface area contributed by atoms with Crippen LogP contribution in [0.1, 0.15) is 45.2 Å². The van der Waals surface area contributed by atoms with Gasteiger partial charge in [0.15, 0.2) is 0 Å². The van der Waals surface area contributed by atoms with Crippen LogP contribution in [-0.4, -0.2) is 41.9 Å². The highest BCUT2D eigenvalue weighted by molar-refractivity contribution is 5.22. The van der Waals surface area contributed by atoms with Gasteiger partial charge in [-0.1, -0.05) is 43.7 Å². The predicted molar refractivity (Wildman–Crippen MR) is 93.0 cm³/mol. The first kappa shape index (κ1) is 19.1. The molecule has 1 aromatic carbocycles. The third-order valence-corrected chi connectivity index (χ3v) is 3.60. The number of nitrogens with zero attached hydrogens (tertiary/aromatic N) is 1. The van der Waals surface area contributed by atoms with Crippen molar-refractivity contribution in [1.29, 1.82) is 0 Å². The number of ether oxygens (including phenoxy) is 1. The molecule has 0 saturated carbocycles. The van der Waals surface area contributed by atoms with Crippen molar-refractivity contribution in [3.8, 4) is 0 Å². The third-order valence-electron chi connectivity index (χ3n) is 3.60. The molecule has 0 spiro atoms. The van der Waals surface area contributed by atoms with Crippen LogP contribution in [-0.2, 0) is 11.3 Å². The van der Waals surface area contributed by atoms with E-state index in [2.05, 4.69) is 49.9 Å². The van der Waals surface area contributed by atoms with Crippen LogP contribution < -0.4 is 0 Å². The lowest BCUT2D eigenvalue weighted by molar-refractivity contribution is -0.00997. The maximum Gasteiger partial charge on any atom is 0.0900 e. The fourth-order valence-electron chi connectivity index (χ4n) is 2.40. The standard InChI is InChI=1S/C19H33NO2/c1-15(2)9-10-20(13-19(21)14-22-16(3)4)12-18-8-6-7-17(5)11-18/h6-8,11,15-16,19,21H,9-10,12-14H2,1-5H3/t19-/m0/s1. The van der Waals surface area contributed by atoms with E-state index in [4.69, 9.17) is 4.74 Å². The van der Waals surface area contributed by atoms with Gasteiger partial charge < -0.3 is 9.84 Å². The number of rotatable bonds is 10. The number of aliphatic hydroxyl groups excluding tert-OH is 1. The lowest BCUT2D eigenvalue weighted by atomic mass is 10.1. The van der Waals surface area contributed by atoms with Crippen molar-refractivity contribution < 1.29 is 9.84 Å². The van der Waals surface area contributed by atoms with Gasteiger partial charge in [0.25, 0.3) is 0 Å². The van der Waals surface area contributed by atoms with Gasteiger partial charge in [-0.25, -0.2) is 0 Å². The molecule has 3 heteroatoms. The molecule has 0 bridgehead atoms. The summed E-state index contributed by atoms with van der Waals surface area (Å²) in [5.74, 6) is 0.670. The van der Waals surface area contributed by atoms with Crippen LogP contribution in [0.4, 0.5) is 0 Å². The molecule has 1 N–H and O–H groups in total. The van der Waals surface area contributed by atoms with Crippen molar-refractivity contribution in [2.45, 2.75) is 59.8 Å². The summed E-state index contributed by atoms with van der Waals surface area (Å²) in [7, 11) is 0. The van der Waals surface area contributed by atoms with E-state index >= 15 is 0 Å². The Kier molecular flexibility index (Phi) is 8.69. The number of aryl methyl sites for hydroxylation is 1. The van der Waals surface area contributed by atoms with Crippen LogP contribution in [0.25, 0.3) is 0 Å². The molecule has 126 valence electrons. The van der Waals surface area contributed by atoms with Crippen LogP contribution in [0.2, 0.25) is 0 Å². The molecule has 0 aromatic heterocycles. The summed E-state index contributed by atoms with van der Waals surface area (Å²) in [6.45, 7) is 13.5. The molecule has 0 heterocycles. The summed E-state index contributed by atoms with van der Waals surface area (Å²) < 4.78 is 5.52. The van der Waals surface area contributed by atoms with Gasteiger partial charge in [0.2, 0.25) is 0 Å². The Morgan fingerprint density at radius 3 is 2.50 bits per heavy atom. The monoisotopic (exact) mass is 307 g/mol. The second-order valence-corrected chi connectivity index (χ2v) is 6.94. The van der Waals surface area contributed by atoms with E-state index in [1.54, 1.807) is 0 Å². The molecule has 0 unspecified atom stereocenters. The van der Waals surface area contributed by atoms with E-state index in [9.17, 15) is 5.11 Å². The molecule has 1 rings (SSSR count). The van der Waals surface area contributed by atoms with Gasteiger partial charge in [0, 0.05) is 13.1 Å². The molecule has 0 aliphatic heterocycles. The van der Waals surface area contributed by atoms with Crippen molar-refractivity contribution in [3.63, 3.8) is 0 Å². The Balaban J connectivity index is 2.58. The summed E-state index contributed by atoms with van der Waals surface area (Å²) in [5.41, 5.74) is 2.59. The van der Waals surface area contributed by atoms with Crippen LogP contribution in [0.15, 0.2) is 24.3 Å². The van der Waals surface area contributed by atoms with Gasteiger partial charge >= 0.3 is 0 Å². The highest BCUT2D eigenvalue weighted by Gasteiger charge is 2.14. The zero-order valence-corrected chi connectivity index (χ0v) is 14.9. The normalized spacial score (nSPS) is 13.3. The second kappa shape index (κ2) is 9.98. The quantitative estimate of drug-likeness (QED) is 0.716. The number of hydrogen-bond acceptors (Lipinski definition) is 3. The second-order valence-electron chi connectivity index (χ2n) is 6.94. The molecular formula is C19H33NO2. The summed E-state index contributed by atoms with van der Waals surface area (Å²) >= 11 is 0. The molecule has 0 amide bonds. The summed E-state index contributed by atoms with van der Waals surface area (Å²) in [6.07, 6.45) is 0.874. The molecule has 22 heavy (non-hydrogen) atoms. The zero-order chi connectivity index (χ0) is 16.5. The number of benzene rings is 1. The molecule has 0 radical (unpaired) electrons. The number of hydrogen-bond donors (Lipinski definition) is 1. The Morgan fingerprint density at radius 2 is 1.91 bits per heavy atom. The fraction of sp³-hybridized carbons (Fsp3) is 0.684. The maximum atomic E-state index is 10.2. The van der Waals surface area contributed by atoms with Gasteiger partial charge in [-0.3, -0.25) is 4.90 Å². The van der Waals surface area contributed by atoms with Crippen molar-refractivity contribution in [2.24, 2.45) is 5.92 Å². The van der Waals surface area contributed by atoms with Gasteiger partial charge in [-0.15, -0.1) is 0 Å². The fourth-order valence-corrected chi connectivity index (χ4v) is 2.40. The van der Waals surface area contributed by atoms with E-state index in [1.807, 2.05) is 13.8 Å². The molecule has 0 aliphatic carbocycles. The molecule has 0 saturated heterocycles. The number of aliphatic hydroxyl groups is 1. The Hall–Kier alpha value is -0.900. The average Bonchev–Trinajstić information content (AvgIpc) is 2.42. The minimum Gasteiger partial charge on any atom is -0.389 e. The average molecular weight is 307 g/mol. The van der Waals surface area contributed by atoms with E-state index < -0.39 is 6.10 Å². The first-order chi connectivity index (χ1) is 10.4. The van der Waals surface area contributed by atoms with Crippen LogP contribution in [0, 0.1) is 12.8 Å². The van der Waals surface area contributed by atoms with Gasteiger partial charge in [0.05, 0.1) is 18.8 Å². The van der Waals surface area contributed by atoms with E-state index in [-0.39, 0.29) is 6.10 Å². The van der Waals surface area contributed by atoms with E-state index in [0.29, 0.717) is 19.1 Å². The highest BCUT2D eigenvalue weighted by atomic mass is 16.5. The van der Waals surface area contributed by atoms with Crippen LogP contribution in [0.5, 0.6) is 0 Å². The Bertz CT molecular complexity index is 418. The Labute approximate surface area is 136 Å². The highest BCUT2D eigenvalue weighted by Crippen LogP contribution is 2.11. The lowest BCUT2D eigenvalue weighted by Crippen LogP contribution is -2.36. The topological polar surface area (TPSA) is 32.7 Å². The first-order valence-corrected chi connectivity index (χ1v) is 8.44. The largest absolute Gasteiger partial charge is 0.389 e. The van der Waals surface area contributed by atoms with Crippen molar-refractivity contribution in [1.82, 2.24) is 4.90 Å². The first-order valence-electron chi connectivity index (χ1n) is 8.44. The van der Waals surface area contributed by atoms with Crippen LogP contribution >= 0.6 is 0 Å². The molecule has 1 aromatic rings. The minimum atomic E-state index is -0.431. The third kappa shape index (κ3) is 8.52. The molecule has 3 nitrogen and oxygen atoms in total. The van der Waals surface area contributed by atoms with E-state index in [0.717, 1.165) is 19.5 Å². The van der Waals surface area contributed by atoms with Gasteiger partial charge in [-0.05, 0) is 45.2 Å². The molecular weight excluding hydrogens is 274 g/mol. The minimum absolute atomic E-state index is 0.163.